The van der Waals surface area contributed by atoms with Crippen LogP contribution in [0.5, 0.6) is 0 Å². The molecule has 1 aromatic rings. The number of nitrogens with zero attached hydrogens (tertiary/aromatic N) is 1. The van der Waals surface area contributed by atoms with Crippen molar-refractivity contribution in [2.75, 3.05) is 0 Å². The van der Waals surface area contributed by atoms with Gasteiger partial charge in [-0.2, -0.15) is 5.26 Å². The zero-order valence-corrected chi connectivity index (χ0v) is 9.12. The molecule has 0 unspecified atom stereocenters. The SMILES string of the molecule is Cl.N#CSc1cc(Cl)ccc1C(=O)O. The van der Waals surface area contributed by atoms with Crippen molar-refractivity contribution >= 4 is 41.7 Å². The third-order valence-electron chi connectivity index (χ3n) is 1.33. The monoisotopic (exact) mass is 249 g/mol. The Morgan fingerprint density at radius 3 is 2.71 bits per heavy atom. The normalized spacial score (nSPS) is 8.57. The minimum atomic E-state index is -1.06. The smallest absolute Gasteiger partial charge is 0.336 e. The van der Waals surface area contributed by atoms with E-state index in [0.29, 0.717) is 9.92 Å². The molecule has 14 heavy (non-hydrogen) atoms. The molecule has 0 aliphatic heterocycles. The van der Waals surface area contributed by atoms with E-state index in [1.54, 1.807) is 5.40 Å². The van der Waals surface area contributed by atoms with Gasteiger partial charge in [-0.15, -0.1) is 12.4 Å². The summed E-state index contributed by atoms with van der Waals surface area (Å²) in [6.45, 7) is 0. The lowest BCUT2D eigenvalue weighted by Crippen LogP contribution is -1.97. The van der Waals surface area contributed by atoms with E-state index in [1.165, 1.54) is 18.2 Å². The van der Waals surface area contributed by atoms with Gasteiger partial charge >= 0.3 is 5.97 Å². The average Bonchev–Trinajstić information content (AvgIpc) is 2.04. The average molecular weight is 250 g/mol. The van der Waals surface area contributed by atoms with Crippen LogP contribution >= 0.6 is 35.8 Å². The molecule has 0 amide bonds. The molecule has 1 aromatic carbocycles. The predicted octanol–water partition coefficient (Wildman–Crippen LogP) is 3.03. The Balaban J connectivity index is 0.00000169. The molecule has 0 spiro atoms. The molecule has 0 aromatic heterocycles. The second-order valence-electron chi connectivity index (χ2n) is 2.14. The quantitative estimate of drug-likeness (QED) is 0.647. The molecular formula is C8H5Cl2NO2S. The highest BCUT2D eigenvalue weighted by molar-refractivity contribution is 8.03. The Morgan fingerprint density at radius 2 is 2.21 bits per heavy atom. The second-order valence-corrected chi connectivity index (χ2v) is 3.40. The molecule has 0 radical (unpaired) electrons. The van der Waals surface area contributed by atoms with Gasteiger partial charge in [0.15, 0.2) is 0 Å². The van der Waals surface area contributed by atoms with Crippen molar-refractivity contribution < 1.29 is 9.90 Å². The number of hydrogen-bond donors (Lipinski definition) is 1. The summed E-state index contributed by atoms with van der Waals surface area (Å²) in [6.07, 6.45) is 0. The van der Waals surface area contributed by atoms with E-state index in [0.717, 1.165) is 11.8 Å². The Labute approximate surface area is 96.1 Å². The Morgan fingerprint density at radius 1 is 1.57 bits per heavy atom. The summed E-state index contributed by atoms with van der Waals surface area (Å²) in [4.78, 5) is 11.0. The number of aromatic carboxylic acids is 1. The summed E-state index contributed by atoms with van der Waals surface area (Å²) in [5, 5.41) is 19.3. The summed E-state index contributed by atoms with van der Waals surface area (Å²) < 4.78 is 0. The zero-order valence-electron chi connectivity index (χ0n) is 6.73. The first kappa shape index (κ1) is 13.1. The number of thioether (sulfide) groups is 1. The van der Waals surface area contributed by atoms with Crippen LogP contribution in [0.25, 0.3) is 0 Å². The van der Waals surface area contributed by atoms with E-state index >= 15 is 0 Å². The maximum Gasteiger partial charge on any atom is 0.336 e. The van der Waals surface area contributed by atoms with Crippen LogP contribution in [0.2, 0.25) is 5.02 Å². The number of halogens is 2. The number of nitriles is 1. The predicted molar refractivity (Wildman–Crippen MR) is 57.1 cm³/mol. The van der Waals surface area contributed by atoms with Crippen LogP contribution in [0.3, 0.4) is 0 Å². The maximum atomic E-state index is 10.6. The standard InChI is InChI=1S/C8H4ClNO2S.ClH/c9-5-1-2-6(8(11)12)7(3-5)13-4-10;/h1-3H,(H,11,12);1H. The van der Waals surface area contributed by atoms with Crippen LogP contribution in [-0.2, 0) is 0 Å². The minimum absolute atomic E-state index is 0. The van der Waals surface area contributed by atoms with Gasteiger partial charge in [0.2, 0.25) is 0 Å². The lowest BCUT2D eigenvalue weighted by atomic mass is 10.2. The number of carbonyl (C=O) groups is 1. The van der Waals surface area contributed by atoms with Gasteiger partial charge in [0, 0.05) is 9.92 Å². The minimum Gasteiger partial charge on any atom is -0.478 e. The first-order valence-corrected chi connectivity index (χ1v) is 4.43. The summed E-state index contributed by atoms with van der Waals surface area (Å²) in [7, 11) is 0. The molecule has 0 atom stereocenters. The van der Waals surface area contributed by atoms with E-state index in [9.17, 15) is 4.79 Å². The van der Waals surface area contributed by atoms with Crippen molar-refractivity contribution in [3.05, 3.63) is 28.8 Å². The van der Waals surface area contributed by atoms with Gasteiger partial charge in [-0.05, 0) is 30.0 Å². The molecule has 0 heterocycles. The number of thiocyanates is 1. The zero-order chi connectivity index (χ0) is 9.84. The first-order valence-electron chi connectivity index (χ1n) is 3.24. The van der Waals surface area contributed by atoms with Crippen LogP contribution in [0.15, 0.2) is 23.1 Å². The molecule has 74 valence electrons. The van der Waals surface area contributed by atoms with Crippen LogP contribution in [0.1, 0.15) is 10.4 Å². The van der Waals surface area contributed by atoms with Crippen LogP contribution in [0, 0.1) is 10.7 Å². The third-order valence-corrected chi connectivity index (χ3v) is 2.21. The highest BCUT2D eigenvalue weighted by Crippen LogP contribution is 2.25. The number of hydrogen-bond acceptors (Lipinski definition) is 3. The van der Waals surface area contributed by atoms with Gasteiger partial charge in [0.1, 0.15) is 5.40 Å². The van der Waals surface area contributed by atoms with E-state index in [-0.39, 0.29) is 18.0 Å². The molecule has 3 nitrogen and oxygen atoms in total. The Bertz CT molecular complexity index is 389. The molecule has 0 fully saturated rings. The van der Waals surface area contributed by atoms with Crippen molar-refractivity contribution in [1.29, 1.82) is 5.26 Å². The molecule has 0 saturated heterocycles. The lowest BCUT2D eigenvalue weighted by molar-refractivity contribution is 0.0693. The number of carboxylic acid groups (broad SMARTS) is 1. The maximum absolute atomic E-state index is 10.6. The molecule has 1 rings (SSSR count). The van der Waals surface area contributed by atoms with E-state index in [1.807, 2.05) is 0 Å². The number of benzene rings is 1. The fourth-order valence-corrected chi connectivity index (χ4v) is 1.59. The Hall–Kier alpha value is -0.890. The van der Waals surface area contributed by atoms with Crippen LogP contribution < -0.4 is 0 Å². The highest BCUT2D eigenvalue weighted by Gasteiger charge is 2.10. The van der Waals surface area contributed by atoms with Crippen molar-refractivity contribution in [2.45, 2.75) is 4.90 Å². The molecule has 0 aliphatic carbocycles. The topological polar surface area (TPSA) is 61.1 Å². The number of rotatable bonds is 2. The van der Waals surface area contributed by atoms with Crippen molar-refractivity contribution in [3.8, 4) is 5.40 Å². The van der Waals surface area contributed by atoms with Gasteiger partial charge in [0.25, 0.3) is 0 Å². The van der Waals surface area contributed by atoms with E-state index in [2.05, 4.69) is 0 Å². The van der Waals surface area contributed by atoms with Gasteiger partial charge in [-0.25, -0.2) is 4.79 Å². The van der Waals surface area contributed by atoms with Gasteiger partial charge in [-0.1, -0.05) is 11.6 Å². The third kappa shape index (κ3) is 3.11. The molecule has 0 bridgehead atoms. The summed E-state index contributed by atoms with van der Waals surface area (Å²) in [5.74, 6) is -1.06. The van der Waals surface area contributed by atoms with Gasteiger partial charge in [0.05, 0.1) is 5.56 Å². The fraction of sp³-hybridized carbons (Fsp3) is 0. The number of carboxylic acids is 1. The highest BCUT2D eigenvalue weighted by atomic mass is 35.5. The molecule has 0 saturated carbocycles. The fourth-order valence-electron chi connectivity index (χ4n) is 0.806. The molecular weight excluding hydrogens is 245 g/mol. The van der Waals surface area contributed by atoms with Crippen molar-refractivity contribution in [1.82, 2.24) is 0 Å². The van der Waals surface area contributed by atoms with E-state index in [4.69, 9.17) is 22.0 Å². The summed E-state index contributed by atoms with van der Waals surface area (Å²) in [5.41, 5.74) is 0.0935. The first-order chi connectivity index (χ1) is 6.15. The Kier molecular flexibility index (Phi) is 5.39. The summed E-state index contributed by atoms with van der Waals surface area (Å²) >= 11 is 6.43. The largest absolute Gasteiger partial charge is 0.478 e. The summed E-state index contributed by atoms with van der Waals surface area (Å²) in [6, 6.07) is 4.32. The molecule has 6 heteroatoms. The lowest BCUT2D eigenvalue weighted by Gasteiger charge is -2.00. The molecule has 1 N–H and O–H groups in total. The molecule has 0 aliphatic rings. The van der Waals surface area contributed by atoms with Crippen LogP contribution in [-0.4, -0.2) is 11.1 Å². The van der Waals surface area contributed by atoms with Crippen molar-refractivity contribution in [3.63, 3.8) is 0 Å². The van der Waals surface area contributed by atoms with E-state index < -0.39 is 5.97 Å². The second kappa shape index (κ2) is 5.76. The van der Waals surface area contributed by atoms with Gasteiger partial charge < -0.3 is 5.11 Å². The van der Waals surface area contributed by atoms with Gasteiger partial charge in [-0.3, -0.25) is 0 Å². The van der Waals surface area contributed by atoms with Crippen molar-refractivity contribution in [2.24, 2.45) is 0 Å². The van der Waals surface area contributed by atoms with Crippen LogP contribution in [0.4, 0.5) is 0 Å².